The highest BCUT2D eigenvalue weighted by atomic mass is 19.4. The van der Waals surface area contributed by atoms with Gasteiger partial charge in [0.25, 0.3) is 5.91 Å². The molecule has 1 aromatic carbocycles. The lowest BCUT2D eigenvalue weighted by Gasteiger charge is -2.33. The molecule has 4 nitrogen and oxygen atoms in total. The molecule has 0 aliphatic carbocycles. The van der Waals surface area contributed by atoms with Gasteiger partial charge in [0.1, 0.15) is 12.4 Å². The van der Waals surface area contributed by atoms with Crippen molar-refractivity contribution in [2.24, 2.45) is 5.92 Å². The van der Waals surface area contributed by atoms with E-state index >= 15 is 0 Å². The molecule has 1 atom stereocenters. The molecule has 1 fully saturated rings. The van der Waals surface area contributed by atoms with Crippen LogP contribution in [0.5, 0.6) is 5.75 Å². The van der Waals surface area contributed by atoms with E-state index < -0.39 is 12.1 Å². The average molecular weight is 364 g/mol. The topological polar surface area (TPSA) is 42.4 Å². The maximum absolute atomic E-state index is 12.9. The number of pyridine rings is 1. The van der Waals surface area contributed by atoms with Crippen LogP contribution in [0, 0.1) is 5.92 Å². The SMILES string of the molecule is O=C(c1ccc(OCc2ccncc2)cc1)N1CCCC(C(F)(F)F)C1. The van der Waals surface area contributed by atoms with Crippen molar-refractivity contribution in [1.29, 1.82) is 0 Å². The molecule has 0 bridgehead atoms. The van der Waals surface area contributed by atoms with Gasteiger partial charge in [-0.05, 0) is 54.8 Å². The number of carbonyl (C=O) groups is 1. The third kappa shape index (κ3) is 4.53. The lowest BCUT2D eigenvalue weighted by Crippen LogP contribution is -2.44. The molecule has 0 saturated carbocycles. The van der Waals surface area contributed by atoms with Crippen molar-refractivity contribution >= 4 is 5.91 Å². The van der Waals surface area contributed by atoms with Gasteiger partial charge in [-0.25, -0.2) is 0 Å². The summed E-state index contributed by atoms with van der Waals surface area (Å²) in [6.45, 7) is 0.448. The minimum absolute atomic E-state index is 0.0784. The van der Waals surface area contributed by atoms with E-state index in [-0.39, 0.29) is 18.9 Å². The van der Waals surface area contributed by atoms with E-state index in [0.717, 1.165) is 5.56 Å². The molecule has 0 spiro atoms. The second-order valence-electron chi connectivity index (χ2n) is 6.30. The molecule has 3 rings (SSSR count). The van der Waals surface area contributed by atoms with Gasteiger partial charge in [-0.3, -0.25) is 9.78 Å². The summed E-state index contributed by atoms with van der Waals surface area (Å²) in [5.74, 6) is -1.23. The monoisotopic (exact) mass is 364 g/mol. The summed E-state index contributed by atoms with van der Waals surface area (Å²) < 4.78 is 44.3. The minimum Gasteiger partial charge on any atom is -0.489 e. The molecule has 138 valence electrons. The van der Waals surface area contributed by atoms with E-state index in [1.54, 1.807) is 36.7 Å². The molecule has 0 radical (unpaired) electrons. The third-order valence-electron chi connectivity index (χ3n) is 4.43. The number of amides is 1. The number of halogens is 3. The van der Waals surface area contributed by atoms with Gasteiger partial charge in [0.05, 0.1) is 5.92 Å². The minimum atomic E-state index is -4.26. The van der Waals surface area contributed by atoms with Gasteiger partial charge >= 0.3 is 6.18 Å². The highest BCUT2D eigenvalue weighted by Crippen LogP contribution is 2.33. The average Bonchev–Trinajstić information content (AvgIpc) is 2.66. The van der Waals surface area contributed by atoms with Crippen LogP contribution in [0.4, 0.5) is 13.2 Å². The number of alkyl halides is 3. The number of likely N-dealkylation sites (tertiary alicyclic amines) is 1. The van der Waals surface area contributed by atoms with Crippen LogP contribution in [0.3, 0.4) is 0 Å². The van der Waals surface area contributed by atoms with E-state index in [4.69, 9.17) is 4.74 Å². The first-order chi connectivity index (χ1) is 12.4. The van der Waals surface area contributed by atoms with Crippen LogP contribution in [0.25, 0.3) is 0 Å². The molecule has 0 N–H and O–H groups in total. The molecule has 1 saturated heterocycles. The lowest BCUT2D eigenvalue weighted by molar-refractivity contribution is -0.184. The van der Waals surface area contributed by atoms with Gasteiger partial charge in [-0.1, -0.05) is 0 Å². The number of nitrogens with zero attached hydrogens (tertiary/aromatic N) is 2. The standard InChI is InChI=1S/C19H19F3N2O2/c20-19(21,22)16-2-1-11-24(12-16)18(25)15-3-5-17(6-4-15)26-13-14-7-9-23-10-8-14/h3-10,16H,1-2,11-13H2. The summed E-state index contributed by atoms with van der Waals surface area (Å²) in [6, 6.07) is 10.2. The molecule has 1 amide bonds. The van der Waals surface area contributed by atoms with Crippen molar-refractivity contribution < 1.29 is 22.7 Å². The largest absolute Gasteiger partial charge is 0.489 e. The zero-order valence-corrected chi connectivity index (χ0v) is 14.1. The molecular weight excluding hydrogens is 345 g/mol. The van der Waals surface area contributed by atoms with Crippen LogP contribution in [-0.4, -0.2) is 35.1 Å². The molecule has 7 heteroatoms. The van der Waals surface area contributed by atoms with Crippen LogP contribution in [0.15, 0.2) is 48.8 Å². The van der Waals surface area contributed by atoms with E-state index in [0.29, 0.717) is 30.9 Å². The molecular formula is C19H19F3N2O2. The number of ether oxygens (including phenoxy) is 1. The fourth-order valence-electron chi connectivity index (χ4n) is 2.95. The van der Waals surface area contributed by atoms with E-state index in [1.165, 1.54) is 4.90 Å². The number of hydrogen-bond donors (Lipinski definition) is 0. The molecule has 2 heterocycles. The number of carbonyl (C=O) groups excluding carboxylic acids is 1. The first-order valence-corrected chi connectivity index (χ1v) is 8.41. The normalized spacial score (nSPS) is 17.8. The molecule has 26 heavy (non-hydrogen) atoms. The predicted octanol–water partition coefficient (Wildman–Crippen LogP) is 4.08. The lowest BCUT2D eigenvalue weighted by atomic mass is 9.97. The highest BCUT2D eigenvalue weighted by molar-refractivity contribution is 5.94. The van der Waals surface area contributed by atoms with Gasteiger partial charge in [0, 0.05) is 31.0 Å². The fraction of sp³-hybridized carbons (Fsp3) is 0.368. The van der Waals surface area contributed by atoms with E-state index in [1.807, 2.05) is 12.1 Å². The predicted molar refractivity (Wildman–Crippen MR) is 89.7 cm³/mol. The smallest absolute Gasteiger partial charge is 0.393 e. The Balaban J connectivity index is 1.60. The fourth-order valence-corrected chi connectivity index (χ4v) is 2.95. The van der Waals surface area contributed by atoms with Crippen LogP contribution < -0.4 is 4.74 Å². The molecule has 1 unspecified atom stereocenters. The van der Waals surface area contributed by atoms with E-state index in [9.17, 15) is 18.0 Å². The Morgan fingerprint density at radius 2 is 1.85 bits per heavy atom. The number of hydrogen-bond acceptors (Lipinski definition) is 3. The maximum Gasteiger partial charge on any atom is 0.393 e. The number of rotatable bonds is 4. The quantitative estimate of drug-likeness (QED) is 0.821. The van der Waals surface area contributed by atoms with Crippen molar-refractivity contribution in [3.05, 3.63) is 59.9 Å². The summed E-state index contributed by atoms with van der Waals surface area (Å²) in [7, 11) is 0. The van der Waals surface area contributed by atoms with Gasteiger partial charge in [0.2, 0.25) is 0 Å². The summed E-state index contributed by atoms with van der Waals surface area (Å²) in [5.41, 5.74) is 1.33. The molecule has 1 aliphatic rings. The Labute approximate surface area is 149 Å². The zero-order valence-electron chi connectivity index (χ0n) is 14.1. The Bertz CT molecular complexity index is 733. The molecule has 2 aromatic rings. The van der Waals surface area contributed by atoms with Gasteiger partial charge in [-0.2, -0.15) is 13.2 Å². The summed E-state index contributed by atoms with van der Waals surface area (Å²) in [5, 5.41) is 0. The second kappa shape index (κ2) is 7.76. The summed E-state index contributed by atoms with van der Waals surface area (Å²) in [4.78, 5) is 17.7. The second-order valence-corrected chi connectivity index (χ2v) is 6.30. The molecule has 1 aliphatic heterocycles. The maximum atomic E-state index is 12.9. The van der Waals surface area contributed by atoms with Crippen molar-refractivity contribution in [2.75, 3.05) is 13.1 Å². The van der Waals surface area contributed by atoms with Crippen molar-refractivity contribution in [2.45, 2.75) is 25.6 Å². The van der Waals surface area contributed by atoms with Gasteiger partial charge in [0.15, 0.2) is 0 Å². The number of piperidine rings is 1. The van der Waals surface area contributed by atoms with E-state index in [2.05, 4.69) is 4.98 Å². The van der Waals surface area contributed by atoms with Crippen LogP contribution in [0.2, 0.25) is 0 Å². The number of aromatic nitrogens is 1. The zero-order chi connectivity index (χ0) is 18.6. The summed E-state index contributed by atoms with van der Waals surface area (Å²) in [6.07, 6.45) is -0.470. The van der Waals surface area contributed by atoms with Gasteiger partial charge < -0.3 is 9.64 Å². The Hall–Kier alpha value is -2.57. The first kappa shape index (κ1) is 18.2. The van der Waals surface area contributed by atoms with Crippen molar-refractivity contribution in [1.82, 2.24) is 9.88 Å². The van der Waals surface area contributed by atoms with Crippen molar-refractivity contribution in [3.8, 4) is 5.75 Å². The third-order valence-corrected chi connectivity index (χ3v) is 4.43. The van der Waals surface area contributed by atoms with Crippen LogP contribution >= 0.6 is 0 Å². The van der Waals surface area contributed by atoms with Crippen molar-refractivity contribution in [3.63, 3.8) is 0 Å². The molecule has 1 aromatic heterocycles. The first-order valence-electron chi connectivity index (χ1n) is 8.41. The highest BCUT2D eigenvalue weighted by Gasteiger charge is 2.42. The van der Waals surface area contributed by atoms with Crippen LogP contribution in [0.1, 0.15) is 28.8 Å². The Morgan fingerprint density at radius 1 is 1.15 bits per heavy atom. The Morgan fingerprint density at radius 3 is 2.50 bits per heavy atom. The number of benzene rings is 1. The Kier molecular flexibility index (Phi) is 5.44. The summed E-state index contributed by atoms with van der Waals surface area (Å²) >= 11 is 0. The van der Waals surface area contributed by atoms with Crippen LogP contribution in [-0.2, 0) is 6.61 Å². The van der Waals surface area contributed by atoms with Gasteiger partial charge in [-0.15, -0.1) is 0 Å².